The second-order valence-electron chi connectivity index (χ2n) is 6.09. The molecule has 2 aromatic rings. The first-order valence-corrected chi connectivity index (χ1v) is 7.92. The van der Waals surface area contributed by atoms with Crippen molar-refractivity contribution in [3.8, 4) is 0 Å². The SMILES string of the molecule is Cc1ccc(CNC(=O)[C@H]2CC(=O)N(c3ccc(F)cc3)C2)cc1. The molecule has 1 aliphatic rings. The van der Waals surface area contributed by atoms with E-state index in [1.54, 1.807) is 12.1 Å². The third-order valence-corrected chi connectivity index (χ3v) is 4.22. The Bertz CT molecular complexity index is 741. The Kier molecular flexibility index (Phi) is 4.60. The van der Waals surface area contributed by atoms with Gasteiger partial charge in [0.25, 0.3) is 0 Å². The van der Waals surface area contributed by atoms with Gasteiger partial charge in [-0.05, 0) is 36.8 Å². The first-order chi connectivity index (χ1) is 11.5. The van der Waals surface area contributed by atoms with Crippen LogP contribution in [0.1, 0.15) is 17.5 Å². The van der Waals surface area contributed by atoms with Gasteiger partial charge in [0, 0.05) is 25.2 Å². The quantitative estimate of drug-likeness (QED) is 0.939. The van der Waals surface area contributed by atoms with Crippen molar-refractivity contribution in [3.05, 3.63) is 65.5 Å². The van der Waals surface area contributed by atoms with Crippen molar-refractivity contribution in [3.63, 3.8) is 0 Å². The maximum Gasteiger partial charge on any atom is 0.227 e. The van der Waals surface area contributed by atoms with Crippen molar-refractivity contribution >= 4 is 17.5 Å². The highest BCUT2D eigenvalue weighted by Gasteiger charge is 2.34. The number of amides is 2. The zero-order valence-electron chi connectivity index (χ0n) is 13.5. The fraction of sp³-hybridized carbons (Fsp3) is 0.263. The van der Waals surface area contributed by atoms with E-state index in [1.807, 2.05) is 31.2 Å². The van der Waals surface area contributed by atoms with Crippen molar-refractivity contribution in [2.75, 3.05) is 11.4 Å². The number of benzene rings is 2. The Morgan fingerprint density at radius 3 is 2.50 bits per heavy atom. The van der Waals surface area contributed by atoms with E-state index in [2.05, 4.69) is 5.32 Å². The van der Waals surface area contributed by atoms with Crippen LogP contribution < -0.4 is 10.2 Å². The van der Waals surface area contributed by atoms with Crippen molar-refractivity contribution in [1.29, 1.82) is 0 Å². The first-order valence-electron chi connectivity index (χ1n) is 7.92. The maximum absolute atomic E-state index is 13.0. The second-order valence-corrected chi connectivity index (χ2v) is 6.09. The number of hydrogen-bond acceptors (Lipinski definition) is 2. The number of halogens is 1. The zero-order valence-corrected chi connectivity index (χ0v) is 13.5. The lowest BCUT2D eigenvalue weighted by Crippen LogP contribution is -2.32. The van der Waals surface area contributed by atoms with E-state index in [-0.39, 0.29) is 30.0 Å². The standard InChI is InChI=1S/C19H19FN2O2/c1-13-2-4-14(5-3-13)11-21-19(24)15-10-18(23)22(12-15)17-8-6-16(20)7-9-17/h2-9,15H,10-12H2,1H3,(H,21,24)/t15-/m0/s1. The van der Waals surface area contributed by atoms with Gasteiger partial charge >= 0.3 is 0 Å². The van der Waals surface area contributed by atoms with Gasteiger partial charge in [-0.25, -0.2) is 4.39 Å². The summed E-state index contributed by atoms with van der Waals surface area (Å²) in [5, 5.41) is 2.88. The third-order valence-electron chi connectivity index (χ3n) is 4.22. The summed E-state index contributed by atoms with van der Waals surface area (Å²) in [5.41, 5.74) is 2.81. The molecule has 0 aliphatic carbocycles. The Morgan fingerprint density at radius 1 is 1.17 bits per heavy atom. The molecule has 0 bridgehead atoms. The minimum Gasteiger partial charge on any atom is -0.352 e. The number of anilines is 1. The van der Waals surface area contributed by atoms with E-state index in [0.29, 0.717) is 18.8 Å². The molecule has 0 saturated carbocycles. The molecule has 24 heavy (non-hydrogen) atoms. The number of nitrogens with zero attached hydrogens (tertiary/aromatic N) is 1. The van der Waals surface area contributed by atoms with Gasteiger partial charge in [0.05, 0.1) is 5.92 Å². The normalized spacial score (nSPS) is 17.2. The van der Waals surface area contributed by atoms with Crippen molar-refractivity contribution in [2.45, 2.75) is 19.9 Å². The van der Waals surface area contributed by atoms with E-state index < -0.39 is 0 Å². The van der Waals surface area contributed by atoms with Crippen LogP contribution in [-0.2, 0) is 16.1 Å². The summed E-state index contributed by atoms with van der Waals surface area (Å²) < 4.78 is 13.0. The molecule has 2 amide bonds. The molecule has 3 rings (SSSR count). The fourth-order valence-electron chi connectivity index (χ4n) is 2.79. The summed E-state index contributed by atoms with van der Waals surface area (Å²) in [6, 6.07) is 13.7. The molecular formula is C19H19FN2O2. The lowest BCUT2D eigenvalue weighted by molar-refractivity contribution is -0.126. The largest absolute Gasteiger partial charge is 0.352 e. The van der Waals surface area contributed by atoms with Crippen molar-refractivity contribution in [2.24, 2.45) is 5.92 Å². The summed E-state index contributed by atoms with van der Waals surface area (Å²) in [5.74, 6) is -0.976. The molecule has 4 nitrogen and oxygen atoms in total. The topological polar surface area (TPSA) is 49.4 Å². The van der Waals surface area contributed by atoms with Crippen LogP contribution in [-0.4, -0.2) is 18.4 Å². The van der Waals surface area contributed by atoms with Gasteiger partial charge in [0.15, 0.2) is 0 Å². The van der Waals surface area contributed by atoms with Crippen LogP contribution in [0.25, 0.3) is 0 Å². The Labute approximate surface area is 140 Å². The molecule has 0 unspecified atom stereocenters. The summed E-state index contributed by atoms with van der Waals surface area (Å²) in [7, 11) is 0. The van der Waals surface area contributed by atoms with Crippen LogP contribution in [0.3, 0.4) is 0 Å². The highest BCUT2D eigenvalue weighted by atomic mass is 19.1. The first kappa shape index (κ1) is 16.2. The molecule has 1 N–H and O–H groups in total. The summed E-state index contributed by atoms with van der Waals surface area (Å²) in [6.07, 6.45) is 0.178. The molecule has 0 radical (unpaired) electrons. The average Bonchev–Trinajstić information content (AvgIpc) is 2.97. The fourth-order valence-corrected chi connectivity index (χ4v) is 2.79. The number of carbonyl (C=O) groups excluding carboxylic acids is 2. The minimum atomic E-state index is -0.381. The van der Waals surface area contributed by atoms with Gasteiger partial charge < -0.3 is 10.2 Å². The lowest BCUT2D eigenvalue weighted by Gasteiger charge is -2.16. The maximum atomic E-state index is 13.0. The molecule has 0 aromatic heterocycles. The van der Waals surface area contributed by atoms with Gasteiger partial charge in [-0.1, -0.05) is 29.8 Å². The Balaban J connectivity index is 1.59. The van der Waals surface area contributed by atoms with Gasteiger partial charge in [-0.3, -0.25) is 9.59 Å². The molecule has 0 spiro atoms. The second kappa shape index (κ2) is 6.83. The van der Waals surface area contributed by atoms with Crippen LogP contribution in [0.2, 0.25) is 0 Å². The van der Waals surface area contributed by atoms with Crippen LogP contribution >= 0.6 is 0 Å². The molecule has 1 aliphatic heterocycles. The van der Waals surface area contributed by atoms with Crippen LogP contribution in [0.4, 0.5) is 10.1 Å². The molecular weight excluding hydrogens is 307 g/mol. The summed E-state index contributed by atoms with van der Waals surface area (Å²) in [6.45, 7) is 2.78. The third kappa shape index (κ3) is 3.62. The monoisotopic (exact) mass is 326 g/mol. The Morgan fingerprint density at radius 2 is 1.83 bits per heavy atom. The number of carbonyl (C=O) groups is 2. The van der Waals surface area contributed by atoms with Gasteiger partial charge in [-0.15, -0.1) is 0 Å². The summed E-state index contributed by atoms with van der Waals surface area (Å²) in [4.78, 5) is 26.0. The molecule has 1 fully saturated rings. The lowest BCUT2D eigenvalue weighted by atomic mass is 10.1. The van der Waals surface area contributed by atoms with E-state index in [0.717, 1.165) is 5.56 Å². The van der Waals surface area contributed by atoms with Crippen molar-refractivity contribution < 1.29 is 14.0 Å². The molecule has 1 heterocycles. The van der Waals surface area contributed by atoms with Crippen LogP contribution in [0, 0.1) is 18.7 Å². The van der Waals surface area contributed by atoms with Gasteiger partial charge in [0.1, 0.15) is 5.82 Å². The van der Waals surface area contributed by atoms with E-state index in [4.69, 9.17) is 0 Å². The average molecular weight is 326 g/mol. The van der Waals surface area contributed by atoms with Crippen molar-refractivity contribution in [1.82, 2.24) is 5.32 Å². The minimum absolute atomic E-state index is 0.114. The van der Waals surface area contributed by atoms with Gasteiger partial charge in [-0.2, -0.15) is 0 Å². The van der Waals surface area contributed by atoms with Crippen LogP contribution in [0.15, 0.2) is 48.5 Å². The predicted molar refractivity (Wildman–Crippen MR) is 89.9 cm³/mol. The molecule has 5 heteroatoms. The van der Waals surface area contributed by atoms with E-state index in [1.165, 1.54) is 22.6 Å². The molecule has 1 saturated heterocycles. The smallest absolute Gasteiger partial charge is 0.227 e. The predicted octanol–water partition coefficient (Wildman–Crippen LogP) is 2.80. The number of hydrogen-bond donors (Lipinski definition) is 1. The molecule has 1 atom stereocenters. The molecule has 124 valence electrons. The number of rotatable bonds is 4. The van der Waals surface area contributed by atoms with Gasteiger partial charge in [0.2, 0.25) is 11.8 Å². The van der Waals surface area contributed by atoms with E-state index in [9.17, 15) is 14.0 Å². The Hall–Kier alpha value is -2.69. The zero-order chi connectivity index (χ0) is 17.1. The summed E-state index contributed by atoms with van der Waals surface area (Å²) >= 11 is 0. The van der Waals surface area contributed by atoms with Crippen LogP contribution in [0.5, 0.6) is 0 Å². The number of aryl methyl sites for hydroxylation is 1. The number of nitrogens with one attached hydrogen (secondary N) is 1. The van der Waals surface area contributed by atoms with E-state index >= 15 is 0 Å². The highest BCUT2D eigenvalue weighted by Crippen LogP contribution is 2.25. The highest BCUT2D eigenvalue weighted by molar-refractivity contribution is 6.00. The molecule has 2 aromatic carbocycles.